The van der Waals surface area contributed by atoms with E-state index in [2.05, 4.69) is 17.5 Å². The molecule has 0 radical (unpaired) electrons. The summed E-state index contributed by atoms with van der Waals surface area (Å²) in [6.45, 7) is 5.77. The molecule has 0 fully saturated rings. The lowest BCUT2D eigenvalue weighted by Gasteiger charge is -2.29. The fourth-order valence-corrected chi connectivity index (χ4v) is 3.90. The van der Waals surface area contributed by atoms with E-state index in [0.29, 0.717) is 11.3 Å². The number of nitrogens with zero attached hydrogens (tertiary/aromatic N) is 2. The zero-order chi connectivity index (χ0) is 24.0. The van der Waals surface area contributed by atoms with Crippen molar-refractivity contribution in [3.8, 4) is 17.2 Å². The summed E-state index contributed by atoms with van der Waals surface area (Å²) in [5.74, 6) is 0.0102. The second-order valence-electron chi connectivity index (χ2n) is 8.07. The SMILES string of the molecule is CC(=O)Nc1cccc(-c2ccc3c(c2)CCCN3C(C)=O)c1.Cc1cc(N)ccc1C#N. The molecule has 0 aliphatic carbocycles. The van der Waals surface area contributed by atoms with E-state index in [1.807, 2.05) is 48.2 Å². The van der Waals surface area contributed by atoms with Crippen LogP contribution in [0.15, 0.2) is 60.7 Å². The largest absolute Gasteiger partial charge is 0.399 e. The Morgan fingerprint density at radius 3 is 2.45 bits per heavy atom. The van der Waals surface area contributed by atoms with E-state index in [9.17, 15) is 9.59 Å². The first-order chi connectivity index (χ1) is 15.8. The first-order valence-electron chi connectivity index (χ1n) is 10.8. The lowest BCUT2D eigenvalue weighted by atomic mass is 9.96. The summed E-state index contributed by atoms with van der Waals surface area (Å²) in [4.78, 5) is 24.8. The predicted molar refractivity (Wildman–Crippen MR) is 133 cm³/mol. The van der Waals surface area contributed by atoms with Gasteiger partial charge in [-0.05, 0) is 84.5 Å². The van der Waals surface area contributed by atoms with Crippen molar-refractivity contribution in [1.82, 2.24) is 0 Å². The Hall–Kier alpha value is -4.11. The van der Waals surface area contributed by atoms with Gasteiger partial charge in [0.15, 0.2) is 0 Å². The van der Waals surface area contributed by atoms with Crippen molar-refractivity contribution in [3.05, 3.63) is 77.4 Å². The summed E-state index contributed by atoms with van der Waals surface area (Å²) in [6, 6.07) is 21.3. The van der Waals surface area contributed by atoms with Crippen molar-refractivity contribution in [2.45, 2.75) is 33.6 Å². The number of fused-ring (bicyclic) bond motifs is 1. The molecule has 3 aromatic carbocycles. The molecular weight excluding hydrogens is 412 g/mol. The Bertz CT molecular complexity index is 1230. The normalized spacial score (nSPS) is 12.0. The zero-order valence-corrected chi connectivity index (χ0v) is 19.2. The number of carbonyl (C=O) groups excluding carboxylic acids is 2. The molecule has 6 heteroatoms. The topological polar surface area (TPSA) is 99.2 Å². The number of benzene rings is 3. The first kappa shape index (κ1) is 23.6. The second-order valence-corrected chi connectivity index (χ2v) is 8.07. The molecule has 0 saturated heterocycles. The van der Waals surface area contributed by atoms with Crippen molar-refractivity contribution in [2.24, 2.45) is 0 Å². The molecule has 0 saturated carbocycles. The number of hydrogen-bond donors (Lipinski definition) is 2. The van der Waals surface area contributed by atoms with Crippen LogP contribution in [0.5, 0.6) is 0 Å². The number of nitrogen functional groups attached to an aromatic ring is 1. The van der Waals surface area contributed by atoms with Crippen molar-refractivity contribution >= 4 is 28.9 Å². The zero-order valence-electron chi connectivity index (χ0n) is 19.2. The Morgan fingerprint density at radius 1 is 1.03 bits per heavy atom. The van der Waals surface area contributed by atoms with Crippen LogP contribution >= 0.6 is 0 Å². The molecule has 33 heavy (non-hydrogen) atoms. The summed E-state index contributed by atoms with van der Waals surface area (Å²) in [5, 5.41) is 11.3. The van der Waals surface area contributed by atoms with E-state index in [0.717, 1.165) is 47.5 Å². The molecule has 0 bridgehead atoms. The first-order valence-corrected chi connectivity index (χ1v) is 10.8. The molecule has 0 aromatic heterocycles. The molecule has 4 rings (SSSR count). The van der Waals surface area contributed by atoms with Gasteiger partial charge < -0.3 is 16.0 Å². The van der Waals surface area contributed by atoms with Gasteiger partial charge in [0.1, 0.15) is 0 Å². The Labute approximate surface area is 194 Å². The molecule has 3 N–H and O–H groups in total. The highest BCUT2D eigenvalue weighted by molar-refractivity contribution is 5.93. The third kappa shape index (κ3) is 5.98. The average Bonchev–Trinajstić information content (AvgIpc) is 2.78. The number of aryl methyl sites for hydroxylation is 2. The number of amides is 2. The van der Waals surface area contributed by atoms with Crippen LogP contribution in [-0.4, -0.2) is 18.4 Å². The van der Waals surface area contributed by atoms with Crippen LogP contribution in [0.1, 0.15) is 37.0 Å². The van der Waals surface area contributed by atoms with Gasteiger partial charge in [0, 0.05) is 37.5 Å². The molecule has 1 aliphatic rings. The van der Waals surface area contributed by atoms with E-state index in [1.54, 1.807) is 25.1 Å². The summed E-state index contributed by atoms with van der Waals surface area (Å²) >= 11 is 0. The van der Waals surface area contributed by atoms with Crippen molar-refractivity contribution < 1.29 is 9.59 Å². The molecule has 3 aromatic rings. The van der Waals surface area contributed by atoms with Gasteiger partial charge in [0.05, 0.1) is 11.6 Å². The van der Waals surface area contributed by atoms with Gasteiger partial charge in [0.2, 0.25) is 11.8 Å². The van der Waals surface area contributed by atoms with Gasteiger partial charge in [-0.2, -0.15) is 5.26 Å². The molecule has 1 aliphatic heterocycles. The molecule has 2 amide bonds. The third-order valence-electron chi connectivity index (χ3n) is 5.47. The smallest absolute Gasteiger partial charge is 0.223 e. The van der Waals surface area contributed by atoms with E-state index >= 15 is 0 Å². The van der Waals surface area contributed by atoms with Crippen LogP contribution in [0.25, 0.3) is 11.1 Å². The van der Waals surface area contributed by atoms with Crippen LogP contribution in [0.2, 0.25) is 0 Å². The van der Waals surface area contributed by atoms with Gasteiger partial charge in [-0.3, -0.25) is 9.59 Å². The quantitative estimate of drug-likeness (QED) is 0.544. The minimum Gasteiger partial charge on any atom is -0.399 e. The van der Waals surface area contributed by atoms with Crippen LogP contribution in [0, 0.1) is 18.3 Å². The highest BCUT2D eigenvalue weighted by atomic mass is 16.2. The highest BCUT2D eigenvalue weighted by Crippen LogP contribution is 2.32. The predicted octanol–water partition coefficient (Wildman–Crippen LogP) is 5.06. The second kappa shape index (κ2) is 10.5. The monoisotopic (exact) mass is 440 g/mol. The molecule has 6 nitrogen and oxygen atoms in total. The maximum absolute atomic E-state index is 11.7. The molecular formula is C27H28N4O2. The number of carbonyl (C=O) groups is 2. The van der Waals surface area contributed by atoms with Gasteiger partial charge in [-0.25, -0.2) is 0 Å². The number of nitriles is 1. The van der Waals surface area contributed by atoms with Crippen molar-refractivity contribution in [3.63, 3.8) is 0 Å². The van der Waals surface area contributed by atoms with E-state index < -0.39 is 0 Å². The maximum atomic E-state index is 11.7. The van der Waals surface area contributed by atoms with Gasteiger partial charge in [-0.1, -0.05) is 18.2 Å². The lowest BCUT2D eigenvalue weighted by Crippen LogP contribution is -2.33. The number of nitrogens with one attached hydrogen (secondary N) is 1. The standard InChI is InChI=1S/C19H20N2O2.C8H8N2/c1-13(22)20-18-7-3-5-15(12-18)16-8-9-19-17(11-16)6-4-10-21(19)14(2)23;1-6-4-8(10)3-2-7(6)5-9/h3,5,7-9,11-12H,4,6,10H2,1-2H3,(H,20,22);2-4H,10H2,1H3. The Kier molecular flexibility index (Phi) is 7.47. The van der Waals surface area contributed by atoms with Crippen molar-refractivity contribution in [2.75, 3.05) is 22.5 Å². The van der Waals surface area contributed by atoms with Crippen molar-refractivity contribution in [1.29, 1.82) is 5.26 Å². The Morgan fingerprint density at radius 2 is 1.79 bits per heavy atom. The summed E-state index contributed by atoms with van der Waals surface area (Å²) in [6.07, 6.45) is 1.97. The van der Waals surface area contributed by atoms with Gasteiger partial charge >= 0.3 is 0 Å². The summed E-state index contributed by atoms with van der Waals surface area (Å²) in [7, 11) is 0. The van der Waals surface area contributed by atoms with E-state index in [4.69, 9.17) is 11.0 Å². The number of anilines is 3. The molecule has 0 unspecified atom stereocenters. The third-order valence-corrected chi connectivity index (χ3v) is 5.47. The van der Waals surface area contributed by atoms with E-state index in [-0.39, 0.29) is 11.8 Å². The number of nitrogens with two attached hydrogens (primary N) is 1. The highest BCUT2D eigenvalue weighted by Gasteiger charge is 2.20. The average molecular weight is 441 g/mol. The minimum absolute atomic E-state index is 0.0790. The molecule has 168 valence electrons. The lowest BCUT2D eigenvalue weighted by molar-refractivity contribution is -0.116. The summed E-state index contributed by atoms with van der Waals surface area (Å²) in [5.41, 5.74) is 13.0. The van der Waals surface area contributed by atoms with Crippen LogP contribution in [0.4, 0.5) is 17.1 Å². The maximum Gasteiger partial charge on any atom is 0.223 e. The van der Waals surface area contributed by atoms with Crippen LogP contribution < -0.4 is 16.0 Å². The Balaban J connectivity index is 0.000000257. The fraction of sp³-hybridized carbons (Fsp3) is 0.222. The molecule has 1 heterocycles. The molecule has 0 atom stereocenters. The van der Waals surface area contributed by atoms with Crippen LogP contribution in [-0.2, 0) is 16.0 Å². The number of rotatable bonds is 2. The van der Waals surface area contributed by atoms with Gasteiger partial charge in [-0.15, -0.1) is 0 Å². The van der Waals surface area contributed by atoms with Crippen LogP contribution in [0.3, 0.4) is 0 Å². The van der Waals surface area contributed by atoms with E-state index in [1.165, 1.54) is 12.5 Å². The van der Waals surface area contributed by atoms with Gasteiger partial charge in [0.25, 0.3) is 0 Å². The minimum atomic E-state index is -0.0790. The summed E-state index contributed by atoms with van der Waals surface area (Å²) < 4.78 is 0. The number of hydrogen-bond acceptors (Lipinski definition) is 4. The molecule has 0 spiro atoms. The fourth-order valence-electron chi connectivity index (χ4n) is 3.90.